The summed E-state index contributed by atoms with van der Waals surface area (Å²) in [5.41, 5.74) is 9.68. The zero-order valence-corrected chi connectivity index (χ0v) is 12.0. The molecule has 0 aliphatic carbocycles. The number of hydrogen-bond donors (Lipinski definition) is 3. The highest BCUT2D eigenvalue weighted by molar-refractivity contribution is 5.83. The number of aromatic amines is 1. The molecule has 0 spiro atoms. The summed E-state index contributed by atoms with van der Waals surface area (Å²) in [5.74, 6) is 0. The van der Waals surface area contributed by atoms with Crippen LogP contribution in [-0.4, -0.2) is 18.1 Å². The minimum Gasteiger partial charge on any atom is -0.361 e. The van der Waals surface area contributed by atoms with Crippen LogP contribution in [-0.2, 0) is 6.42 Å². The predicted octanol–water partition coefficient (Wildman–Crippen LogP) is 3.00. The number of fused-ring (bicyclic) bond motifs is 1. The van der Waals surface area contributed by atoms with E-state index < -0.39 is 0 Å². The lowest BCUT2D eigenvalue weighted by molar-refractivity contribution is 0.545. The summed E-state index contributed by atoms with van der Waals surface area (Å²) < 4.78 is 0. The summed E-state index contributed by atoms with van der Waals surface area (Å²) in [6.45, 7) is 1.52. The third-order valence-corrected chi connectivity index (χ3v) is 3.90. The monoisotopic (exact) mass is 279 g/mol. The van der Waals surface area contributed by atoms with Gasteiger partial charge in [0.15, 0.2) is 0 Å². The van der Waals surface area contributed by atoms with Crippen LogP contribution in [0.1, 0.15) is 17.2 Å². The minimum atomic E-state index is 0.219. The first-order valence-electron chi connectivity index (χ1n) is 7.42. The average Bonchev–Trinajstić information content (AvgIpc) is 2.96. The SMILES string of the molecule is NCC(NCCc1c[nH]c2ccccc12)c1ccccc1. The van der Waals surface area contributed by atoms with Gasteiger partial charge in [-0.1, -0.05) is 48.5 Å². The van der Waals surface area contributed by atoms with Crippen LogP contribution in [0.3, 0.4) is 0 Å². The van der Waals surface area contributed by atoms with Crippen LogP contribution in [0.2, 0.25) is 0 Å². The van der Waals surface area contributed by atoms with Gasteiger partial charge in [-0.05, 0) is 30.2 Å². The van der Waals surface area contributed by atoms with Crippen LogP contribution < -0.4 is 11.1 Å². The lowest BCUT2D eigenvalue weighted by Crippen LogP contribution is -2.29. The molecular formula is C18H21N3. The third-order valence-electron chi connectivity index (χ3n) is 3.90. The van der Waals surface area contributed by atoms with Gasteiger partial charge in [-0.15, -0.1) is 0 Å². The van der Waals surface area contributed by atoms with E-state index in [0.29, 0.717) is 6.54 Å². The highest BCUT2D eigenvalue weighted by Crippen LogP contribution is 2.18. The molecule has 1 unspecified atom stereocenters. The Morgan fingerprint density at radius 2 is 1.76 bits per heavy atom. The smallest absolute Gasteiger partial charge is 0.0456 e. The fourth-order valence-electron chi connectivity index (χ4n) is 2.74. The van der Waals surface area contributed by atoms with Crippen molar-refractivity contribution >= 4 is 10.9 Å². The maximum absolute atomic E-state index is 5.89. The van der Waals surface area contributed by atoms with Gasteiger partial charge in [-0.2, -0.15) is 0 Å². The number of rotatable bonds is 6. The Labute approximate surface area is 125 Å². The van der Waals surface area contributed by atoms with E-state index in [-0.39, 0.29) is 6.04 Å². The Morgan fingerprint density at radius 3 is 2.57 bits per heavy atom. The van der Waals surface area contributed by atoms with Gasteiger partial charge in [0.25, 0.3) is 0 Å². The Morgan fingerprint density at radius 1 is 1.00 bits per heavy atom. The van der Waals surface area contributed by atoms with Gasteiger partial charge in [0.1, 0.15) is 0 Å². The Hall–Kier alpha value is -2.10. The molecule has 2 aromatic carbocycles. The molecule has 3 rings (SSSR count). The molecule has 0 radical (unpaired) electrons. The topological polar surface area (TPSA) is 53.8 Å². The van der Waals surface area contributed by atoms with E-state index in [0.717, 1.165) is 13.0 Å². The van der Waals surface area contributed by atoms with Crippen LogP contribution in [0, 0.1) is 0 Å². The maximum atomic E-state index is 5.89. The highest BCUT2D eigenvalue weighted by atomic mass is 14.9. The lowest BCUT2D eigenvalue weighted by atomic mass is 10.1. The average molecular weight is 279 g/mol. The molecule has 0 aliphatic heterocycles. The predicted molar refractivity (Wildman–Crippen MR) is 88.2 cm³/mol. The summed E-state index contributed by atoms with van der Waals surface area (Å²) >= 11 is 0. The molecule has 0 aliphatic rings. The number of nitrogens with one attached hydrogen (secondary N) is 2. The summed E-state index contributed by atoms with van der Waals surface area (Å²) in [6, 6.07) is 19.0. The van der Waals surface area contributed by atoms with Crippen LogP contribution >= 0.6 is 0 Å². The van der Waals surface area contributed by atoms with Gasteiger partial charge < -0.3 is 16.0 Å². The van der Waals surface area contributed by atoms with Crippen molar-refractivity contribution in [2.75, 3.05) is 13.1 Å². The number of nitrogens with two attached hydrogens (primary N) is 1. The summed E-state index contributed by atoms with van der Waals surface area (Å²) in [7, 11) is 0. The molecule has 3 aromatic rings. The van der Waals surface area contributed by atoms with Crippen molar-refractivity contribution < 1.29 is 0 Å². The fourth-order valence-corrected chi connectivity index (χ4v) is 2.74. The van der Waals surface area contributed by atoms with Crippen molar-refractivity contribution in [1.82, 2.24) is 10.3 Å². The number of H-pyrrole nitrogens is 1. The molecule has 0 bridgehead atoms. The first-order chi connectivity index (χ1) is 10.4. The van der Waals surface area contributed by atoms with Gasteiger partial charge in [-0.25, -0.2) is 0 Å². The van der Waals surface area contributed by atoms with Gasteiger partial charge in [0, 0.05) is 29.7 Å². The van der Waals surface area contributed by atoms with Crippen molar-refractivity contribution in [1.29, 1.82) is 0 Å². The van der Waals surface area contributed by atoms with Crippen molar-refractivity contribution in [3.05, 3.63) is 71.9 Å². The molecule has 0 saturated carbocycles. The van der Waals surface area contributed by atoms with Gasteiger partial charge in [0.2, 0.25) is 0 Å². The quantitative estimate of drug-likeness (QED) is 0.649. The van der Waals surface area contributed by atoms with E-state index in [1.165, 1.54) is 22.0 Å². The van der Waals surface area contributed by atoms with Crippen molar-refractivity contribution in [3.63, 3.8) is 0 Å². The number of para-hydroxylation sites is 1. The zero-order chi connectivity index (χ0) is 14.5. The van der Waals surface area contributed by atoms with Crippen LogP contribution in [0.15, 0.2) is 60.8 Å². The largest absolute Gasteiger partial charge is 0.361 e. The van der Waals surface area contributed by atoms with E-state index in [2.05, 4.69) is 65.0 Å². The Balaban J connectivity index is 1.63. The second kappa shape index (κ2) is 6.57. The molecule has 21 heavy (non-hydrogen) atoms. The molecule has 4 N–H and O–H groups in total. The number of hydrogen-bond acceptors (Lipinski definition) is 2. The molecule has 3 nitrogen and oxygen atoms in total. The van der Waals surface area contributed by atoms with E-state index in [4.69, 9.17) is 5.73 Å². The van der Waals surface area contributed by atoms with E-state index in [9.17, 15) is 0 Å². The summed E-state index contributed by atoms with van der Waals surface area (Å²) in [4.78, 5) is 3.32. The molecule has 108 valence electrons. The first kappa shape index (κ1) is 13.9. The first-order valence-corrected chi connectivity index (χ1v) is 7.42. The molecule has 1 atom stereocenters. The van der Waals surface area contributed by atoms with Crippen molar-refractivity contribution in [2.24, 2.45) is 5.73 Å². The summed E-state index contributed by atoms with van der Waals surface area (Å²) in [6.07, 6.45) is 3.10. The van der Waals surface area contributed by atoms with E-state index in [1.54, 1.807) is 0 Å². The van der Waals surface area contributed by atoms with E-state index >= 15 is 0 Å². The fraction of sp³-hybridized carbons (Fsp3) is 0.222. The van der Waals surface area contributed by atoms with Crippen LogP contribution in [0.5, 0.6) is 0 Å². The highest BCUT2D eigenvalue weighted by Gasteiger charge is 2.08. The van der Waals surface area contributed by atoms with Gasteiger partial charge in [0.05, 0.1) is 0 Å². The Bertz CT molecular complexity index is 688. The standard InChI is InChI=1S/C18H21N3/c19-12-18(14-6-2-1-3-7-14)20-11-10-15-13-21-17-9-5-4-8-16(15)17/h1-9,13,18,20-21H,10-12,19H2. The molecule has 0 saturated heterocycles. The minimum absolute atomic E-state index is 0.219. The Kier molecular flexibility index (Phi) is 4.34. The van der Waals surface area contributed by atoms with E-state index in [1.807, 2.05) is 6.07 Å². The molecule has 0 amide bonds. The zero-order valence-electron chi connectivity index (χ0n) is 12.0. The second-order valence-corrected chi connectivity index (χ2v) is 5.26. The summed E-state index contributed by atoms with van der Waals surface area (Å²) in [5, 5.41) is 4.86. The van der Waals surface area contributed by atoms with Gasteiger partial charge in [-0.3, -0.25) is 0 Å². The van der Waals surface area contributed by atoms with Crippen molar-refractivity contribution in [2.45, 2.75) is 12.5 Å². The van der Waals surface area contributed by atoms with Gasteiger partial charge >= 0.3 is 0 Å². The second-order valence-electron chi connectivity index (χ2n) is 5.26. The molecule has 1 heterocycles. The third kappa shape index (κ3) is 3.15. The lowest BCUT2D eigenvalue weighted by Gasteiger charge is -2.17. The van der Waals surface area contributed by atoms with Crippen LogP contribution in [0.25, 0.3) is 10.9 Å². The molecule has 3 heteroatoms. The number of aromatic nitrogens is 1. The van der Waals surface area contributed by atoms with Crippen molar-refractivity contribution in [3.8, 4) is 0 Å². The molecule has 0 fully saturated rings. The molecule has 1 aromatic heterocycles. The normalized spacial score (nSPS) is 12.6. The molecular weight excluding hydrogens is 258 g/mol. The maximum Gasteiger partial charge on any atom is 0.0456 e. The number of benzene rings is 2. The van der Waals surface area contributed by atoms with Crippen LogP contribution in [0.4, 0.5) is 0 Å².